The topological polar surface area (TPSA) is 57.5 Å². The Kier molecular flexibility index (Phi) is 4.40. The van der Waals surface area contributed by atoms with Gasteiger partial charge in [0.2, 0.25) is 0 Å². The summed E-state index contributed by atoms with van der Waals surface area (Å²) >= 11 is 3.38. The number of aliphatic hydroxyl groups is 1. The van der Waals surface area contributed by atoms with Crippen molar-refractivity contribution in [3.63, 3.8) is 0 Å². The molecule has 4 heteroatoms. The first-order valence-electron chi connectivity index (χ1n) is 6.22. The van der Waals surface area contributed by atoms with Crippen LogP contribution in [-0.2, 0) is 4.79 Å². The maximum absolute atomic E-state index is 11.5. The summed E-state index contributed by atoms with van der Waals surface area (Å²) < 4.78 is 0.993. The number of aliphatic hydroxyl groups excluding tert-OH is 1. The van der Waals surface area contributed by atoms with Crippen molar-refractivity contribution in [1.29, 1.82) is 0 Å². The average molecular weight is 313 g/mol. The lowest BCUT2D eigenvalue weighted by Crippen LogP contribution is -2.35. The lowest BCUT2D eigenvalue weighted by molar-refractivity contribution is -0.146. The van der Waals surface area contributed by atoms with Crippen molar-refractivity contribution in [2.24, 2.45) is 11.8 Å². The predicted molar refractivity (Wildman–Crippen MR) is 72.4 cm³/mol. The van der Waals surface area contributed by atoms with Crippen LogP contribution in [0, 0.1) is 11.8 Å². The molecule has 0 heterocycles. The lowest BCUT2D eigenvalue weighted by Gasteiger charge is -2.35. The molecule has 1 saturated carbocycles. The van der Waals surface area contributed by atoms with Gasteiger partial charge in [0.05, 0.1) is 5.92 Å². The molecule has 3 nitrogen and oxygen atoms in total. The van der Waals surface area contributed by atoms with Gasteiger partial charge in [0.1, 0.15) is 0 Å². The molecule has 0 saturated heterocycles. The molecule has 0 aromatic heterocycles. The van der Waals surface area contributed by atoms with Crippen molar-refractivity contribution in [3.8, 4) is 0 Å². The van der Waals surface area contributed by atoms with Gasteiger partial charge in [-0.2, -0.15) is 0 Å². The first-order valence-corrected chi connectivity index (χ1v) is 7.02. The second kappa shape index (κ2) is 5.85. The Hall–Kier alpha value is -0.870. The molecule has 0 amide bonds. The van der Waals surface area contributed by atoms with E-state index in [0.29, 0.717) is 0 Å². The SMILES string of the molecule is O=C(O)[C@@H]1[C@@H](CO)CCC[C@H]1c1ccc(Br)cc1. The third-order valence-corrected chi connectivity index (χ3v) is 4.38. The Labute approximate surface area is 115 Å². The van der Waals surface area contributed by atoms with Crippen LogP contribution < -0.4 is 0 Å². The summed E-state index contributed by atoms with van der Waals surface area (Å²) in [6, 6.07) is 7.84. The molecule has 0 aliphatic heterocycles. The first-order chi connectivity index (χ1) is 8.63. The normalized spacial score (nSPS) is 28.0. The van der Waals surface area contributed by atoms with Crippen molar-refractivity contribution in [1.82, 2.24) is 0 Å². The summed E-state index contributed by atoms with van der Waals surface area (Å²) in [7, 11) is 0. The molecule has 0 radical (unpaired) electrons. The Morgan fingerprint density at radius 1 is 1.28 bits per heavy atom. The molecule has 2 N–H and O–H groups in total. The van der Waals surface area contributed by atoms with Crippen LogP contribution in [0.15, 0.2) is 28.7 Å². The smallest absolute Gasteiger partial charge is 0.307 e. The molecule has 0 spiro atoms. The third-order valence-electron chi connectivity index (χ3n) is 3.85. The van der Waals surface area contributed by atoms with Crippen LogP contribution in [0.5, 0.6) is 0 Å². The molecule has 1 fully saturated rings. The van der Waals surface area contributed by atoms with Crippen LogP contribution in [-0.4, -0.2) is 22.8 Å². The van der Waals surface area contributed by atoms with Crippen LogP contribution in [0.3, 0.4) is 0 Å². The van der Waals surface area contributed by atoms with Gasteiger partial charge in [0.25, 0.3) is 0 Å². The minimum atomic E-state index is -0.790. The number of rotatable bonds is 3. The quantitative estimate of drug-likeness (QED) is 0.902. The fraction of sp³-hybridized carbons (Fsp3) is 0.500. The van der Waals surface area contributed by atoms with Crippen LogP contribution in [0.25, 0.3) is 0 Å². The van der Waals surface area contributed by atoms with Gasteiger partial charge in [0.15, 0.2) is 0 Å². The number of carboxylic acids is 1. The maximum atomic E-state index is 11.5. The molecule has 1 aromatic carbocycles. The minimum Gasteiger partial charge on any atom is -0.481 e. The average Bonchev–Trinajstić information content (AvgIpc) is 2.38. The van der Waals surface area contributed by atoms with Gasteiger partial charge in [-0.25, -0.2) is 0 Å². The Bertz CT molecular complexity index is 416. The first kappa shape index (κ1) is 13.6. The molecule has 2 rings (SSSR count). The summed E-state index contributed by atoms with van der Waals surface area (Å²) in [5, 5.41) is 18.8. The zero-order valence-electron chi connectivity index (χ0n) is 10.1. The summed E-state index contributed by atoms with van der Waals surface area (Å²) in [4.78, 5) is 11.5. The van der Waals surface area contributed by atoms with Gasteiger partial charge in [-0.15, -0.1) is 0 Å². The van der Waals surface area contributed by atoms with E-state index in [4.69, 9.17) is 0 Å². The number of aliphatic carboxylic acids is 1. The lowest BCUT2D eigenvalue weighted by atomic mass is 9.69. The van der Waals surface area contributed by atoms with Gasteiger partial charge < -0.3 is 10.2 Å². The molecule has 1 aliphatic carbocycles. The molecular formula is C14H17BrO3. The van der Waals surface area contributed by atoms with Crippen molar-refractivity contribution in [3.05, 3.63) is 34.3 Å². The summed E-state index contributed by atoms with van der Waals surface area (Å²) in [6.07, 6.45) is 2.67. The molecule has 3 atom stereocenters. The molecule has 0 bridgehead atoms. The number of carboxylic acid groups (broad SMARTS) is 1. The molecule has 0 unspecified atom stereocenters. The number of halogens is 1. The van der Waals surface area contributed by atoms with Crippen molar-refractivity contribution < 1.29 is 15.0 Å². The second-order valence-corrected chi connectivity index (χ2v) is 5.81. The molecule has 18 heavy (non-hydrogen) atoms. The van der Waals surface area contributed by atoms with E-state index in [-0.39, 0.29) is 18.4 Å². The highest BCUT2D eigenvalue weighted by molar-refractivity contribution is 9.10. The van der Waals surface area contributed by atoms with Gasteiger partial charge in [-0.1, -0.05) is 34.5 Å². The van der Waals surface area contributed by atoms with Gasteiger partial charge in [-0.05, 0) is 42.4 Å². The monoisotopic (exact) mass is 312 g/mol. The zero-order chi connectivity index (χ0) is 13.1. The van der Waals surface area contributed by atoms with E-state index in [9.17, 15) is 15.0 Å². The second-order valence-electron chi connectivity index (χ2n) is 4.90. The Balaban J connectivity index is 2.28. The van der Waals surface area contributed by atoms with Gasteiger partial charge in [0, 0.05) is 11.1 Å². The molecule has 98 valence electrons. The number of hydrogen-bond acceptors (Lipinski definition) is 2. The third kappa shape index (κ3) is 2.75. The van der Waals surface area contributed by atoms with E-state index >= 15 is 0 Å². The predicted octanol–water partition coefficient (Wildman–Crippen LogP) is 3.03. The highest BCUT2D eigenvalue weighted by Gasteiger charge is 2.38. The van der Waals surface area contributed by atoms with Crippen molar-refractivity contribution in [2.45, 2.75) is 25.2 Å². The van der Waals surface area contributed by atoms with Crippen LogP contribution in [0.1, 0.15) is 30.7 Å². The van der Waals surface area contributed by atoms with E-state index in [2.05, 4.69) is 15.9 Å². The van der Waals surface area contributed by atoms with Crippen molar-refractivity contribution >= 4 is 21.9 Å². The summed E-state index contributed by atoms with van der Waals surface area (Å²) in [5.74, 6) is -1.36. The molecule has 1 aliphatic rings. The molecular weight excluding hydrogens is 296 g/mol. The van der Waals surface area contributed by atoms with Crippen LogP contribution >= 0.6 is 15.9 Å². The van der Waals surface area contributed by atoms with Crippen molar-refractivity contribution in [2.75, 3.05) is 6.61 Å². The van der Waals surface area contributed by atoms with E-state index in [1.54, 1.807) is 0 Å². The zero-order valence-corrected chi connectivity index (χ0v) is 11.6. The highest BCUT2D eigenvalue weighted by atomic mass is 79.9. The number of carbonyl (C=O) groups is 1. The Morgan fingerprint density at radius 3 is 2.50 bits per heavy atom. The van der Waals surface area contributed by atoms with Crippen LogP contribution in [0.4, 0.5) is 0 Å². The van der Waals surface area contributed by atoms with Crippen LogP contribution in [0.2, 0.25) is 0 Å². The molecule has 1 aromatic rings. The Morgan fingerprint density at radius 2 is 1.94 bits per heavy atom. The fourth-order valence-corrected chi connectivity index (χ4v) is 3.21. The minimum absolute atomic E-state index is 0.0153. The largest absolute Gasteiger partial charge is 0.481 e. The fourth-order valence-electron chi connectivity index (χ4n) is 2.95. The van der Waals surface area contributed by atoms with E-state index in [1.165, 1.54) is 0 Å². The number of benzene rings is 1. The maximum Gasteiger partial charge on any atom is 0.307 e. The highest BCUT2D eigenvalue weighted by Crippen LogP contribution is 2.41. The van der Waals surface area contributed by atoms with Gasteiger partial charge in [-0.3, -0.25) is 4.79 Å². The van der Waals surface area contributed by atoms with E-state index in [0.717, 1.165) is 29.3 Å². The number of hydrogen-bond donors (Lipinski definition) is 2. The van der Waals surface area contributed by atoms with E-state index < -0.39 is 11.9 Å². The summed E-state index contributed by atoms with van der Waals surface area (Å²) in [6.45, 7) is -0.0377. The summed E-state index contributed by atoms with van der Waals surface area (Å²) in [5.41, 5.74) is 1.06. The standard InChI is InChI=1S/C14H17BrO3/c15-11-6-4-9(5-7-11)12-3-1-2-10(8-16)13(12)14(17)18/h4-7,10,12-13,16H,1-3,8H2,(H,17,18)/t10-,12+,13-/m1/s1. The van der Waals surface area contributed by atoms with Gasteiger partial charge >= 0.3 is 5.97 Å². The van der Waals surface area contributed by atoms with E-state index in [1.807, 2.05) is 24.3 Å².